The summed E-state index contributed by atoms with van der Waals surface area (Å²) >= 11 is 0. The lowest BCUT2D eigenvalue weighted by Gasteiger charge is -2.16. The molecule has 0 aliphatic carbocycles. The third-order valence-corrected chi connectivity index (χ3v) is 2.03. The molecule has 1 atom stereocenters. The maximum Gasteiger partial charge on any atom is 0.419 e. The number of hydrogen-bond donors (Lipinski definition) is 1. The molecule has 6 heteroatoms. The Labute approximate surface area is 97.3 Å². The van der Waals surface area contributed by atoms with Gasteiger partial charge in [-0.3, -0.25) is 0 Å². The van der Waals surface area contributed by atoms with Crippen LogP contribution in [-0.4, -0.2) is 26.4 Å². The molecule has 0 saturated heterocycles. The van der Waals surface area contributed by atoms with Crippen LogP contribution in [0.25, 0.3) is 0 Å². The minimum absolute atomic E-state index is 0.0269. The van der Waals surface area contributed by atoms with Gasteiger partial charge in [0.05, 0.1) is 18.2 Å². The van der Waals surface area contributed by atoms with Crippen LogP contribution in [-0.2, 0) is 10.9 Å². The zero-order chi connectivity index (χ0) is 12.9. The van der Waals surface area contributed by atoms with Gasteiger partial charge in [0.15, 0.2) is 0 Å². The van der Waals surface area contributed by atoms with Crippen molar-refractivity contribution >= 4 is 0 Å². The van der Waals surface area contributed by atoms with Gasteiger partial charge in [0, 0.05) is 7.11 Å². The van der Waals surface area contributed by atoms with E-state index in [9.17, 15) is 13.2 Å². The molecule has 0 heterocycles. The Bertz CT molecular complexity index is 355. The van der Waals surface area contributed by atoms with E-state index >= 15 is 0 Å². The molecule has 2 N–H and O–H groups in total. The summed E-state index contributed by atoms with van der Waals surface area (Å²) in [5, 5.41) is 0. The minimum Gasteiger partial charge on any atom is -0.491 e. The molecule has 3 nitrogen and oxygen atoms in total. The van der Waals surface area contributed by atoms with Gasteiger partial charge >= 0.3 is 6.18 Å². The molecule has 17 heavy (non-hydrogen) atoms. The highest BCUT2D eigenvalue weighted by atomic mass is 19.4. The lowest BCUT2D eigenvalue weighted by molar-refractivity contribution is -0.139. The van der Waals surface area contributed by atoms with Gasteiger partial charge in [0.25, 0.3) is 0 Å². The third-order valence-electron chi connectivity index (χ3n) is 2.03. The van der Waals surface area contributed by atoms with Crippen LogP contribution in [0.15, 0.2) is 24.3 Å². The molecule has 0 radical (unpaired) electrons. The monoisotopic (exact) mass is 249 g/mol. The Hall–Kier alpha value is -1.27. The highest BCUT2D eigenvalue weighted by molar-refractivity contribution is 5.35. The Morgan fingerprint density at radius 3 is 2.47 bits per heavy atom. The van der Waals surface area contributed by atoms with Crippen molar-refractivity contribution in [1.82, 2.24) is 0 Å². The van der Waals surface area contributed by atoms with Gasteiger partial charge in [-0.05, 0) is 12.1 Å². The van der Waals surface area contributed by atoms with Crippen LogP contribution in [0, 0.1) is 0 Å². The number of halogens is 3. The smallest absolute Gasteiger partial charge is 0.419 e. The van der Waals surface area contributed by atoms with Crippen molar-refractivity contribution in [3.05, 3.63) is 29.8 Å². The molecular formula is C11H14F3NO2. The maximum absolute atomic E-state index is 12.6. The third kappa shape index (κ3) is 4.24. The lowest BCUT2D eigenvalue weighted by Crippen LogP contribution is -2.32. The second-order valence-corrected chi connectivity index (χ2v) is 3.52. The first-order valence-corrected chi connectivity index (χ1v) is 4.98. The van der Waals surface area contributed by atoms with Crippen LogP contribution in [0.2, 0.25) is 0 Å². The minimum atomic E-state index is -4.43. The van der Waals surface area contributed by atoms with Crippen molar-refractivity contribution in [2.45, 2.75) is 12.2 Å². The van der Waals surface area contributed by atoms with E-state index in [1.807, 2.05) is 0 Å². The van der Waals surface area contributed by atoms with Crippen molar-refractivity contribution < 1.29 is 22.6 Å². The fourth-order valence-electron chi connectivity index (χ4n) is 1.29. The predicted molar refractivity (Wildman–Crippen MR) is 56.8 cm³/mol. The fraction of sp³-hybridized carbons (Fsp3) is 0.455. The molecule has 0 aliphatic heterocycles. The van der Waals surface area contributed by atoms with E-state index in [0.717, 1.165) is 6.07 Å². The van der Waals surface area contributed by atoms with E-state index in [-0.39, 0.29) is 19.0 Å². The number of hydrogen-bond acceptors (Lipinski definition) is 3. The topological polar surface area (TPSA) is 44.5 Å². The summed E-state index contributed by atoms with van der Waals surface area (Å²) in [5.41, 5.74) is 4.76. The molecule has 1 unspecified atom stereocenters. The molecule has 0 saturated carbocycles. The number of nitrogens with two attached hydrogens (primary N) is 1. The molecular weight excluding hydrogens is 235 g/mol. The zero-order valence-corrected chi connectivity index (χ0v) is 9.33. The molecule has 0 spiro atoms. The normalized spacial score (nSPS) is 13.5. The average molecular weight is 249 g/mol. The van der Waals surface area contributed by atoms with E-state index < -0.39 is 17.8 Å². The summed E-state index contributed by atoms with van der Waals surface area (Å²) in [7, 11) is 1.46. The van der Waals surface area contributed by atoms with E-state index in [0.29, 0.717) is 0 Å². The Morgan fingerprint density at radius 1 is 1.24 bits per heavy atom. The van der Waals surface area contributed by atoms with Gasteiger partial charge in [-0.1, -0.05) is 12.1 Å². The van der Waals surface area contributed by atoms with Crippen molar-refractivity contribution in [2.24, 2.45) is 5.73 Å². The van der Waals surface area contributed by atoms with Crippen LogP contribution in [0.4, 0.5) is 13.2 Å². The van der Waals surface area contributed by atoms with Gasteiger partial charge in [-0.2, -0.15) is 13.2 Å². The first-order chi connectivity index (χ1) is 7.95. The Kier molecular flexibility index (Phi) is 4.77. The Morgan fingerprint density at radius 2 is 1.88 bits per heavy atom. The van der Waals surface area contributed by atoms with Gasteiger partial charge in [-0.25, -0.2) is 0 Å². The molecule has 1 rings (SSSR count). The second-order valence-electron chi connectivity index (χ2n) is 3.52. The number of ether oxygens (including phenoxy) is 2. The van der Waals surface area contributed by atoms with Crippen molar-refractivity contribution in [2.75, 3.05) is 20.3 Å². The number of methoxy groups -OCH3 is 1. The molecule has 0 amide bonds. The number of alkyl halides is 3. The molecule has 1 aromatic carbocycles. The van der Waals surface area contributed by atoms with Gasteiger partial charge < -0.3 is 15.2 Å². The van der Waals surface area contributed by atoms with Crippen molar-refractivity contribution in [3.63, 3.8) is 0 Å². The van der Waals surface area contributed by atoms with Crippen LogP contribution in [0.1, 0.15) is 5.56 Å². The average Bonchev–Trinajstić information content (AvgIpc) is 2.26. The van der Waals surface area contributed by atoms with E-state index in [4.69, 9.17) is 15.2 Å². The summed E-state index contributed by atoms with van der Waals surface area (Å²) < 4.78 is 47.6. The SMILES string of the molecule is COCC(N)COc1ccccc1C(F)(F)F. The summed E-state index contributed by atoms with van der Waals surface area (Å²) in [6, 6.07) is 4.57. The van der Waals surface area contributed by atoms with Crippen LogP contribution in [0.3, 0.4) is 0 Å². The number of benzene rings is 1. The van der Waals surface area contributed by atoms with Crippen LogP contribution in [0.5, 0.6) is 5.75 Å². The van der Waals surface area contributed by atoms with E-state index in [1.165, 1.54) is 25.3 Å². The molecule has 0 bridgehead atoms. The molecule has 1 aromatic rings. The predicted octanol–water partition coefficient (Wildman–Crippen LogP) is 2.06. The summed E-state index contributed by atoms with van der Waals surface area (Å²) in [6.45, 7) is 0.203. The summed E-state index contributed by atoms with van der Waals surface area (Å²) in [6.07, 6.45) is -4.43. The molecule has 0 fully saturated rings. The fourth-order valence-corrected chi connectivity index (χ4v) is 1.29. The van der Waals surface area contributed by atoms with Crippen LogP contribution < -0.4 is 10.5 Å². The zero-order valence-electron chi connectivity index (χ0n) is 9.33. The van der Waals surface area contributed by atoms with Crippen molar-refractivity contribution in [1.29, 1.82) is 0 Å². The number of rotatable bonds is 5. The summed E-state index contributed by atoms with van der Waals surface area (Å²) in [5.74, 6) is -0.216. The molecule has 96 valence electrons. The number of para-hydroxylation sites is 1. The van der Waals surface area contributed by atoms with E-state index in [2.05, 4.69) is 0 Å². The largest absolute Gasteiger partial charge is 0.491 e. The van der Waals surface area contributed by atoms with Gasteiger partial charge in [0.2, 0.25) is 0 Å². The van der Waals surface area contributed by atoms with Gasteiger partial charge in [-0.15, -0.1) is 0 Å². The first kappa shape index (κ1) is 13.8. The highest BCUT2D eigenvalue weighted by Crippen LogP contribution is 2.35. The lowest BCUT2D eigenvalue weighted by atomic mass is 10.2. The van der Waals surface area contributed by atoms with E-state index in [1.54, 1.807) is 0 Å². The maximum atomic E-state index is 12.6. The standard InChI is InChI=1S/C11H14F3NO2/c1-16-6-8(15)7-17-10-5-3-2-4-9(10)11(12,13)14/h2-5,8H,6-7,15H2,1H3. The quantitative estimate of drug-likeness (QED) is 0.868. The van der Waals surface area contributed by atoms with Crippen LogP contribution >= 0.6 is 0 Å². The van der Waals surface area contributed by atoms with Gasteiger partial charge in [0.1, 0.15) is 12.4 Å². The first-order valence-electron chi connectivity index (χ1n) is 4.98. The Balaban J connectivity index is 2.71. The van der Waals surface area contributed by atoms with Crippen molar-refractivity contribution in [3.8, 4) is 5.75 Å². The highest BCUT2D eigenvalue weighted by Gasteiger charge is 2.34. The summed E-state index contributed by atoms with van der Waals surface area (Å²) in [4.78, 5) is 0. The second kappa shape index (κ2) is 5.88. The molecule has 0 aliphatic rings. The molecule has 0 aromatic heterocycles.